The van der Waals surface area contributed by atoms with Crippen molar-refractivity contribution >= 4 is 37.4 Å². The van der Waals surface area contributed by atoms with Crippen molar-refractivity contribution in [1.82, 2.24) is 15.0 Å². The van der Waals surface area contributed by atoms with Crippen molar-refractivity contribution in [2.24, 2.45) is 0 Å². The molecule has 5 aromatic rings. The molecule has 0 amide bonds. The van der Waals surface area contributed by atoms with Crippen LogP contribution in [0.25, 0.3) is 22.2 Å². The van der Waals surface area contributed by atoms with Gasteiger partial charge in [0, 0.05) is 40.2 Å². The van der Waals surface area contributed by atoms with E-state index < -0.39 is 15.8 Å². The van der Waals surface area contributed by atoms with E-state index >= 15 is 0 Å². The molecular weight excluding hydrogens is 543 g/mol. The summed E-state index contributed by atoms with van der Waals surface area (Å²) in [7, 11) is 0.406. The number of rotatable bonds is 9. The van der Waals surface area contributed by atoms with Crippen LogP contribution in [0.15, 0.2) is 77.4 Å². The average Bonchev–Trinajstić information content (AvgIpc) is 3.49. The van der Waals surface area contributed by atoms with Gasteiger partial charge in [0.1, 0.15) is 29.4 Å². The summed E-state index contributed by atoms with van der Waals surface area (Å²) in [6, 6.07) is 13.9. The summed E-state index contributed by atoms with van der Waals surface area (Å²) >= 11 is 1.20. The second-order valence-corrected chi connectivity index (χ2v) is 11.0. The fourth-order valence-corrected chi connectivity index (χ4v) is 6.42. The fraction of sp³-hybridized carbons (Fsp3) is 0.148. The molecule has 0 bridgehead atoms. The van der Waals surface area contributed by atoms with Gasteiger partial charge in [-0.05, 0) is 42.5 Å². The third-order valence-electron chi connectivity index (χ3n) is 6.06. The van der Waals surface area contributed by atoms with Crippen LogP contribution in [0, 0.1) is 5.82 Å². The van der Waals surface area contributed by atoms with Crippen LogP contribution < -0.4 is 18.5 Å². The summed E-state index contributed by atoms with van der Waals surface area (Å²) in [6.07, 6.45) is 2.88. The number of anilines is 1. The lowest BCUT2D eigenvalue weighted by atomic mass is 10.1. The first-order valence-electron chi connectivity index (χ1n) is 11.6. The van der Waals surface area contributed by atoms with Crippen LogP contribution in [0.2, 0.25) is 0 Å². The number of nitrogens with zero attached hydrogens (tertiary/aromatic N) is 4. The second kappa shape index (κ2) is 10.8. The third kappa shape index (κ3) is 5.08. The number of ether oxygens (including phenoxy) is 3. The molecule has 0 fully saturated rings. The maximum absolute atomic E-state index is 14.0. The van der Waals surface area contributed by atoms with E-state index in [9.17, 15) is 12.8 Å². The molecular formula is C27H23FN4O5S2. The highest BCUT2D eigenvalue weighted by atomic mass is 32.2. The van der Waals surface area contributed by atoms with Gasteiger partial charge in [-0.15, -0.1) is 11.3 Å². The summed E-state index contributed by atoms with van der Waals surface area (Å²) < 4.78 is 59.1. The smallest absolute Gasteiger partial charge is 0.266 e. The Kier molecular flexibility index (Phi) is 7.31. The maximum Gasteiger partial charge on any atom is 0.266 e. The van der Waals surface area contributed by atoms with Crippen LogP contribution >= 0.6 is 11.3 Å². The highest BCUT2D eigenvalue weighted by molar-refractivity contribution is 7.93. The Morgan fingerprint density at radius 3 is 2.44 bits per heavy atom. The number of hydrogen-bond acceptors (Lipinski definition) is 9. The Balaban J connectivity index is 1.59. The van der Waals surface area contributed by atoms with Crippen LogP contribution in [0.1, 0.15) is 5.56 Å². The molecule has 0 spiro atoms. The Morgan fingerprint density at radius 2 is 1.72 bits per heavy atom. The van der Waals surface area contributed by atoms with E-state index in [2.05, 4.69) is 15.0 Å². The van der Waals surface area contributed by atoms with Gasteiger partial charge in [-0.1, -0.05) is 0 Å². The standard InChI is InChI=1S/C27H23FN4O5S2/c1-35-19-6-4-17(24(13-19)36-2)15-32(27-29-10-11-38-27)39(33,34)20-7-9-21-23(14-20)30-16-31-26(21)22-8-5-18(28)12-25(22)37-3/h4-14,16H,15H2,1-3H3. The average molecular weight is 567 g/mol. The number of halogens is 1. The van der Waals surface area contributed by atoms with E-state index in [0.29, 0.717) is 50.1 Å². The Hall–Kier alpha value is -4.29. The number of thiazole rings is 1. The monoisotopic (exact) mass is 566 g/mol. The minimum absolute atomic E-state index is 0.0217. The van der Waals surface area contributed by atoms with Crippen LogP contribution in [0.5, 0.6) is 17.2 Å². The number of fused-ring (bicyclic) bond motifs is 1. The van der Waals surface area contributed by atoms with E-state index in [1.165, 1.54) is 60.5 Å². The normalized spacial score (nSPS) is 11.4. The highest BCUT2D eigenvalue weighted by Gasteiger charge is 2.29. The van der Waals surface area contributed by atoms with Gasteiger partial charge in [-0.2, -0.15) is 0 Å². The van der Waals surface area contributed by atoms with Crippen molar-refractivity contribution in [3.8, 4) is 28.5 Å². The van der Waals surface area contributed by atoms with E-state index in [4.69, 9.17) is 14.2 Å². The largest absolute Gasteiger partial charge is 0.497 e. The van der Waals surface area contributed by atoms with Gasteiger partial charge < -0.3 is 14.2 Å². The van der Waals surface area contributed by atoms with Crippen LogP contribution in [-0.2, 0) is 16.6 Å². The number of aromatic nitrogens is 3. The zero-order valence-corrected chi connectivity index (χ0v) is 22.8. The SMILES string of the molecule is COc1ccc(CN(c2nccs2)S(=O)(=O)c2ccc3c(-c4ccc(F)cc4OC)ncnc3c2)c(OC)c1. The Labute approximate surface area is 228 Å². The van der Waals surface area contributed by atoms with Crippen molar-refractivity contribution in [2.75, 3.05) is 25.6 Å². The Bertz CT molecular complexity index is 1750. The summed E-state index contributed by atoms with van der Waals surface area (Å²) in [6.45, 7) is -0.0249. The minimum atomic E-state index is -4.09. The molecule has 0 aliphatic rings. The molecule has 0 saturated carbocycles. The lowest BCUT2D eigenvalue weighted by molar-refractivity contribution is 0.391. The van der Waals surface area contributed by atoms with E-state index in [1.807, 2.05) is 0 Å². The number of benzene rings is 3. The van der Waals surface area contributed by atoms with E-state index in [-0.39, 0.29) is 11.4 Å². The van der Waals surface area contributed by atoms with Gasteiger partial charge in [0.25, 0.3) is 10.0 Å². The topological polar surface area (TPSA) is 104 Å². The van der Waals surface area contributed by atoms with E-state index in [0.717, 1.165) is 0 Å². The molecule has 3 aromatic carbocycles. The number of hydrogen-bond donors (Lipinski definition) is 0. The molecule has 0 radical (unpaired) electrons. The molecule has 9 nitrogen and oxygen atoms in total. The first kappa shape index (κ1) is 26.3. The molecule has 0 atom stereocenters. The zero-order valence-electron chi connectivity index (χ0n) is 21.2. The van der Waals surface area contributed by atoms with Crippen LogP contribution in [0.4, 0.5) is 9.52 Å². The maximum atomic E-state index is 14.0. The molecule has 0 aliphatic heterocycles. The third-order valence-corrected chi connectivity index (χ3v) is 8.70. The lowest BCUT2D eigenvalue weighted by Crippen LogP contribution is -2.30. The van der Waals surface area contributed by atoms with Crippen molar-refractivity contribution < 1.29 is 27.0 Å². The van der Waals surface area contributed by atoms with Crippen molar-refractivity contribution in [2.45, 2.75) is 11.4 Å². The molecule has 39 heavy (non-hydrogen) atoms. The lowest BCUT2D eigenvalue weighted by Gasteiger charge is -2.23. The molecule has 0 N–H and O–H groups in total. The molecule has 2 aromatic heterocycles. The second-order valence-electron chi connectivity index (χ2n) is 8.25. The number of methoxy groups -OCH3 is 3. The quantitative estimate of drug-likeness (QED) is 0.236. The van der Waals surface area contributed by atoms with E-state index in [1.54, 1.807) is 49.0 Å². The minimum Gasteiger partial charge on any atom is -0.497 e. The first-order valence-corrected chi connectivity index (χ1v) is 13.9. The zero-order chi connectivity index (χ0) is 27.6. The van der Waals surface area contributed by atoms with Crippen LogP contribution in [-0.4, -0.2) is 44.7 Å². The molecule has 0 saturated heterocycles. The van der Waals surface area contributed by atoms with Gasteiger partial charge in [0.2, 0.25) is 0 Å². The molecule has 5 rings (SSSR count). The summed E-state index contributed by atoms with van der Waals surface area (Å²) in [5.74, 6) is 0.922. The molecule has 12 heteroatoms. The first-order chi connectivity index (χ1) is 18.8. The molecule has 2 heterocycles. The molecule has 200 valence electrons. The number of sulfonamides is 1. The Morgan fingerprint density at radius 1 is 0.897 bits per heavy atom. The van der Waals surface area contributed by atoms with Gasteiger partial charge in [0.05, 0.1) is 44.0 Å². The predicted octanol–water partition coefficient (Wildman–Crippen LogP) is 5.31. The van der Waals surface area contributed by atoms with Crippen molar-refractivity contribution in [3.63, 3.8) is 0 Å². The van der Waals surface area contributed by atoms with Crippen molar-refractivity contribution in [3.05, 3.63) is 83.9 Å². The molecule has 0 aliphatic carbocycles. The van der Waals surface area contributed by atoms with Crippen LogP contribution in [0.3, 0.4) is 0 Å². The van der Waals surface area contributed by atoms with Gasteiger partial charge >= 0.3 is 0 Å². The summed E-state index contributed by atoms with van der Waals surface area (Å²) in [5, 5.41) is 2.59. The summed E-state index contributed by atoms with van der Waals surface area (Å²) in [5.41, 5.74) is 2.07. The van der Waals surface area contributed by atoms with Gasteiger partial charge in [-0.25, -0.2) is 32.1 Å². The summed E-state index contributed by atoms with van der Waals surface area (Å²) in [4.78, 5) is 13.0. The van der Waals surface area contributed by atoms with Gasteiger partial charge in [0.15, 0.2) is 5.13 Å². The molecule has 0 unspecified atom stereocenters. The van der Waals surface area contributed by atoms with Gasteiger partial charge in [-0.3, -0.25) is 0 Å². The fourth-order valence-electron chi connectivity index (χ4n) is 4.13. The predicted molar refractivity (Wildman–Crippen MR) is 147 cm³/mol. The van der Waals surface area contributed by atoms with Crippen molar-refractivity contribution in [1.29, 1.82) is 0 Å². The highest BCUT2D eigenvalue weighted by Crippen LogP contribution is 2.36.